The van der Waals surface area contributed by atoms with Crippen LogP contribution in [0, 0.1) is 12.8 Å². The van der Waals surface area contributed by atoms with Gasteiger partial charge in [-0.3, -0.25) is 0 Å². The number of rotatable bonds is 5. The van der Waals surface area contributed by atoms with Crippen molar-refractivity contribution in [2.75, 3.05) is 0 Å². The molecule has 0 aliphatic rings. The van der Waals surface area contributed by atoms with Crippen LogP contribution in [0.4, 0.5) is 0 Å². The molecule has 0 heteroatoms. The van der Waals surface area contributed by atoms with Crippen LogP contribution in [0.5, 0.6) is 0 Å². The van der Waals surface area contributed by atoms with Crippen LogP contribution < -0.4 is 0 Å². The van der Waals surface area contributed by atoms with Crippen LogP contribution in [-0.2, 0) is 5.41 Å². The predicted molar refractivity (Wildman–Crippen MR) is 141 cm³/mol. The van der Waals surface area contributed by atoms with Gasteiger partial charge in [0.1, 0.15) is 0 Å². The highest BCUT2D eigenvalue weighted by molar-refractivity contribution is 5.33. The topological polar surface area (TPSA) is 0 Å². The Morgan fingerprint density at radius 1 is 0.833 bits per heavy atom. The Morgan fingerprint density at radius 2 is 1.30 bits per heavy atom. The van der Waals surface area contributed by atoms with Crippen molar-refractivity contribution >= 4 is 0 Å². The molecule has 0 heterocycles. The van der Waals surface area contributed by atoms with Crippen molar-refractivity contribution in [2.45, 2.75) is 101 Å². The Hall–Kier alpha value is -1.82. The molecule has 0 N–H and O–H groups in total. The van der Waals surface area contributed by atoms with Crippen LogP contribution in [0.3, 0.4) is 0 Å². The zero-order chi connectivity index (χ0) is 23.7. The highest BCUT2D eigenvalue weighted by atomic mass is 14.2. The third-order valence-corrected chi connectivity index (χ3v) is 5.14. The molecule has 1 aromatic rings. The third kappa shape index (κ3) is 17.1. The molecule has 0 radical (unpaired) electrons. The van der Waals surface area contributed by atoms with Gasteiger partial charge in [0.2, 0.25) is 0 Å². The minimum absolute atomic E-state index is 0.285. The van der Waals surface area contributed by atoms with Gasteiger partial charge in [-0.2, -0.15) is 0 Å². The largest absolute Gasteiger partial charge is 0.0877 e. The first kappa shape index (κ1) is 30.4. The third-order valence-electron chi connectivity index (χ3n) is 5.14. The summed E-state index contributed by atoms with van der Waals surface area (Å²) in [6, 6.07) is 8.74. The van der Waals surface area contributed by atoms with Gasteiger partial charge in [-0.25, -0.2) is 0 Å². The van der Waals surface area contributed by atoms with Crippen LogP contribution >= 0.6 is 0 Å². The molecule has 0 atom stereocenters. The van der Waals surface area contributed by atoms with Gasteiger partial charge >= 0.3 is 0 Å². The molecule has 0 amide bonds. The van der Waals surface area contributed by atoms with Crippen LogP contribution in [0.25, 0.3) is 0 Å². The molecule has 0 aromatic heterocycles. The molecule has 0 spiro atoms. The molecule has 0 aliphatic heterocycles. The second-order valence-electron chi connectivity index (χ2n) is 9.51. The molecule has 0 saturated heterocycles. The van der Waals surface area contributed by atoms with Crippen molar-refractivity contribution in [1.82, 2.24) is 0 Å². The van der Waals surface area contributed by atoms with E-state index in [9.17, 15) is 0 Å². The lowest BCUT2D eigenvalue weighted by Gasteiger charge is -2.18. The van der Waals surface area contributed by atoms with Gasteiger partial charge < -0.3 is 0 Å². The highest BCUT2D eigenvalue weighted by Crippen LogP contribution is 2.21. The maximum atomic E-state index is 2.28. The lowest BCUT2D eigenvalue weighted by atomic mass is 9.87. The molecular weight excluding hydrogens is 360 g/mol. The average molecular weight is 411 g/mol. The van der Waals surface area contributed by atoms with Crippen LogP contribution in [0.15, 0.2) is 71.4 Å². The molecule has 30 heavy (non-hydrogen) atoms. The summed E-state index contributed by atoms with van der Waals surface area (Å²) in [6.07, 6.45) is 13.2. The molecule has 0 unspecified atom stereocenters. The van der Waals surface area contributed by atoms with Crippen LogP contribution in [-0.4, -0.2) is 0 Å². The van der Waals surface area contributed by atoms with Gasteiger partial charge in [0.05, 0.1) is 0 Å². The minimum atomic E-state index is 0.285. The summed E-state index contributed by atoms with van der Waals surface area (Å²) in [6.45, 7) is 26.1. The first-order valence-electron chi connectivity index (χ1n) is 11.6. The number of allylic oxidation sites excluding steroid dienone is 8. The summed E-state index contributed by atoms with van der Waals surface area (Å²) in [4.78, 5) is 0. The Morgan fingerprint density at radius 3 is 1.63 bits per heavy atom. The molecular formula is C30H50. The van der Waals surface area contributed by atoms with Crippen molar-refractivity contribution in [3.8, 4) is 0 Å². The van der Waals surface area contributed by atoms with Gasteiger partial charge in [-0.1, -0.05) is 120 Å². The second-order valence-corrected chi connectivity index (χ2v) is 9.51. The fraction of sp³-hybridized carbons (Fsp3) is 0.533. The molecule has 0 bridgehead atoms. The first-order chi connectivity index (χ1) is 13.9. The monoisotopic (exact) mass is 410 g/mol. The van der Waals surface area contributed by atoms with E-state index in [4.69, 9.17) is 0 Å². The van der Waals surface area contributed by atoms with Gasteiger partial charge in [-0.05, 0) is 69.6 Å². The predicted octanol–water partition coefficient (Wildman–Crippen LogP) is 10.2. The number of hydrogen-bond donors (Lipinski definition) is 0. The quantitative estimate of drug-likeness (QED) is 0.423. The van der Waals surface area contributed by atoms with E-state index < -0.39 is 0 Å². The second kappa shape index (κ2) is 16.9. The molecule has 1 rings (SSSR count). The minimum Gasteiger partial charge on any atom is -0.0877 e. The van der Waals surface area contributed by atoms with E-state index in [1.807, 2.05) is 13.0 Å². The maximum absolute atomic E-state index is 2.28. The molecule has 1 aromatic carbocycles. The molecule has 0 nitrogen and oxygen atoms in total. The van der Waals surface area contributed by atoms with Crippen LogP contribution in [0.2, 0.25) is 0 Å². The Labute approximate surface area is 189 Å². The molecule has 170 valence electrons. The standard InChI is InChI=1S/C13H20.C11H16.C6H14/c1-6-7-8-12(4)13(5)10-9-11(2)3;1-9-5-7-10(8-6-9)11(2,3)4;1-4-6(3)5-2/h6-10H,1-5H3;5-8H,1-4H3;6H,4-5H2,1-3H3/b7-6-,12-8+,13-10+;;. The molecule has 0 saturated carbocycles. The summed E-state index contributed by atoms with van der Waals surface area (Å²) in [5, 5.41) is 0. The zero-order valence-electron chi connectivity index (χ0n) is 22.2. The summed E-state index contributed by atoms with van der Waals surface area (Å²) in [5.41, 5.74) is 6.99. The molecule has 0 fully saturated rings. The van der Waals surface area contributed by atoms with E-state index in [1.54, 1.807) is 0 Å². The van der Waals surface area contributed by atoms with E-state index >= 15 is 0 Å². The van der Waals surface area contributed by atoms with E-state index in [1.165, 1.54) is 40.7 Å². The normalized spacial score (nSPS) is 12.2. The van der Waals surface area contributed by atoms with Crippen molar-refractivity contribution < 1.29 is 0 Å². The van der Waals surface area contributed by atoms with Crippen molar-refractivity contribution in [1.29, 1.82) is 0 Å². The first-order valence-corrected chi connectivity index (χ1v) is 11.6. The fourth-order valence-electron chi connectivity index (χ4n) is 2.14. The van der Waals surface area contributed by atoms with Gasteiger partial charge in [0, 0.05) is 0 Å². The fourth-order valence-corrected chi connectivity index (χ4v) is 2.14. The Kier molecular flexibility index (Phi) is 17.1. The lowest BCUT2D eigenvalue weighted by molar-refractivity contribution is 0.544. The van der Waals surface area contributed by atoms with E-state index in [2.05, 4.69) is 125 Å². The van der Waals surface area contributed by atoms with Gasteiger partial charge in [0.25, 0.3) is 0 Å². The maximum Gasteiger partial charge on any atom is -0.0132 e. The lowest BCUT2D eigenvalue weighted by Crippen LogP contribution is -2.10. The Balaban J connectivity index is 0. The SMILES string of the molecule is CCC(C)CC.C\C=C/C=C(C)/C(C)=C/C=C(C)C.Cc1ccc(C(C)(C)C)cc1. The summed E-state index contributed by atoms with van der Waals surface area (Å²) in [5.74, 6) is 0.935. The van der Waals surface area contributed by atoms with Crippen molar-refractivity contribution in [3.63, 3.8) is 0 Å². The van der Waals surface area contributed by atoms with Crippen molar-refractivity contribution in [2.24, 2.45) is 5.92 Å². The van der Waals surface area contributed by atoms with Gasteiger partial charge in [-0.15, -0.1) is 0 Å². The van der Waals surface area contributed by atoms with Crippen LogP contribution in [0.1, 0.15) is 100 Å². The van der Waals surface area contributed by atoms with E-state index in [0.29, 0.717) is 0 Å². The summed E-state index contributed by atoms with van der Waals surface area (Å²) in [7, 11) is 0. The van der Waals surface area contributed by atoms with E-state index in [-0.39, 0.29) is 5.41 Å². The average Bonchev–Trinajstić information content (AvgIpc) is 2.70. The summed E-state index contributed by atoms with van der Waals surface area (Å²) < 4.78 is 0. The van der Waals surface area contributed by atoms with E-state index in [0.717, 1.165) is 5.92 Å². The number of hydrogen-bond acceptors (Lipinski definition) is 0. The van der Waals surface area contributed by atoms with Crippen molar-refractivity contribution in [3.05, 3.63) is 82.5 Å². The smallest absolute Gasteiger partial charge is 0.0132 e. The van der Waals surface area contributed by atoms with Gasteiger partial charge in [0.15, 0.2) is 0 Å². The highest BCUT2D eigenvalue weighted by Gasteiger charge is 2.11. The zero-order valence-corrected chi connectivity index (χ0v) is 22.2. The molecule has 0 aliphatic carbocycles. The summed E-state index contributed by atoms with van der Waals surface area (Å²) >= 11 is 0. The number of benzene rings is 1. The Bertz CT molecular complexity index is 662. The number of aryl methyl sites for hydroxylation is 1.